The highest BCUT2D eigenvalue weighted by Crippen LogP contribution is 2.20. The van der Waals surface area contributed by atoms with Gasteiger partial charge in [-0.2, -0.15) is 0 Å². The molecule has 0 radical (unpaired) electrons. The van der Waals surface area contributed by atoms with Crippen molar-refractivity contribution in [2.75, 3.05) is 14.2 Å². The normalized spacial score (nSPS) is 10.2. The van der Waals surface area contributed by atoms with Gasteiger partial charge in [0.15, 0.2) is 5.82 Å². The van der Waals surface area contributed by atoms with E-state index < -0.39 is 0 Å². The van der Waals surface area contributed by atoms with Gasteiger partial charge in [-0.15, -0.1) is 0 Å². The minimum absolute atomic E-state index is 0.719. The van der Waals surface area contributed by atoms with Gasteiger partial charge in [-0.1, -0.05) is 12.1 Å². The van der Waals surface area contributed by atoms with E-state index in [1.165, 1.54) is 0 Å². The average Bonchev–Trinajstić information content (AvgIpc) is 2.40. The molecule has 4 heteroatoms. The molecule has 1 heterocycles. The monoisotopic (exact) mass is 229 g/mol. The Labute approximate surface area is 101 Å². The lowest BCUT2D eigenvalue weighted by Crippen LogP contribution is -2.07. The Kier molecular flexibility index (Phi) is 3.67. The summed E-state index contributed by atoms with van der Waals surface area (Å²) in [6.45, 7) is 0.736. The fourth-order valence-corrected chi connectivity index (χ4v) is 1.58. The summed E-state index contributed by atoms with van der Waals surface area (Å²) < 4.78 is 5.19. The first kappa shape index (κ1) is 11.5. The van der Waals surface area contributed by atoms with Crippen molar-refractivity contribution < 1.29 is 4.74 Å². The molecule has 2 rings (SSSR count). The predicted octanol–water partition coefficient (Wildman–Crippen LogP) is 1.87. The summed E-state index contributed by atoms with van der Waals surface area (Å²) in [7, 11) is 3.55. The first-order valence-corrected chi connectivity index (χ1v) is 5.44. The summed E-state index contributed by atoms with van der Waals surface area (Å²) in [6.07, 6.45) is 1.77. The number of rotatable bonds is 4. The van der Waals surface area contributed by atoms with Crippen molar-refractivity contribution >= 4 is 0 Å². The summed E-state index contributed by atoms with van der Waals surface area (Å²) in [6, 6.07) is 9.64. The van der Waals surface area contributed by atoms with Crippen molar-refractivity contribution in [2.45, 2.75) is 6.54 Å². The highest BCUT2D eigenvalue weighted by atomic mass is 16.5. The molecule has 0 aliphatic heterocycles. The van der Waals surface area contributed by atoms with Crippen molar-refractivity contribution in [3.63, 3.8) is 0 Å². The summed E-state index contributed by atoms with van der Waals surface area (Å²) in [5.74, 6) is 1.53. The Morgan fingerprint density at radius 1 is 1.29 bits per heavy atom. The molecule has 0 fully saturated rings. The summed E-state index contributed by atoms with van der Waals surface area (Å²) in [4.78, 5) is 8.75. The fourth-order valence-electron chi connectivity index (χ4n) is 1.58. The molecule has 1 aromatic heterocycles. The summed E-state index contributed by atoms with van der Waals surface area (Å²) in [5.41, 5.74) is 1.93. The zero-order valence-corrected chi connectivity index (χ0v) is 9.97. The third-order valence-electron chi connectivity index (χ3n) is 2.40. The molecule has 0 saturated heterocycles. The van der Waals surface area contributed by atoms with Gasteiger partial charge in [-0.05, 0) is 25.2 Å². The van der Waals surface area contributed by atoms with Crippen LogP contribution in [-0.4, -0.2) is 24.1 Å². The van der Waals surface area contributed by atoms with Crippen LogP contribution in [-0.2, 0) is 6.54 Å². The topological polar surface area (TPSA) is 47.0 Å². The van der Waals surface area contributed by atoms with Crippen LogP contribution in [0.25, 0.3) is 11.4 Å². The van der Waals surface area contributed by atoms with Crippen molar-refractivity contribution in [3.05, 3.63) is 42.2 Å². The molecular formula is C13H15N3O. The lowest BCUT2D eigenvalue weighted by molar-refractivity contribution is 0.415. The van der Waals surface area contributed by atoms with E-state index in [0.717, 1.165) is 29.4 Å². The Morgan fingerprint density at radius 2 is 2.18 bits per heavy atom. The van der Waals surface area contributed by atoms with Crippen molar-refractivity contribution in [1.29, 1.82) is 0 Å². The molecule has 0 aliphatic carbocycles. The van der Waals surface area contributed by atoms with Crippen LogP contribution >= 0.6 is 0 Å². The van der Waals surface area contributed by atoms with E-state index in [2.05, 4.69) is 15.3 Å². The van der Waals surface area contributed by atoms with E-state index in [0.29, 0.717) is 0 Å². The molecule has 88 valence electrons. The van der Waals surface area contributed by atoms with Crippen LogP contribution in [0.15, 0.2) is 36.5 Å². The van der Waals surface area contributed by atoms with Gasteiger partial charge in [0.25, 0.3) is 0 Å². The highest BCUT2D eigenvalue weighted by molar-refractivity contribution is 5.57. The van der Waals surface area contributed by atoms with Crippen LogP contribution < -0.4 is 10.1 Å². The Balaban J connectivity index is 2.34. The fraction of sp³-hybridized carbons (Fsp3) is 0.231. The van der Waals surface area contributed by atoms with Gasteiger partial charge in [-0.25, -0.2) is 9.97 Å². The third kappa shape index (κ3) is 2.79. The average molecular weight is 229 g/mol. The quantitative estimate of drug-likeness (QED) is 0.869. The molecular weight excluding hydrogens is 214 g/mol. The van der Waals surface area contributed by atoms with Gasteiger partial charge in [0.05, 0.1) is 12.8 Å². The maximum absolute atomic E-state index is 5.19. The number of hydrogen-bond donors (Lipinski definition) is 1. The molecule has 0 spiro atoms. The molecule has 2 aromatic rings. The zero-order valence-electron chi connectivity index (χ0n) is 9.97. The molecule has 1 N–H and O–H groups in total. The lowest BCUT2D eigenvalue weighted by atomic mass is 10.2. The predicted molar refractivity (Wildman–Crippen MR) is 66.8 cm³/mol. The smallest absolute Gasteiger partial charge is 0.159 e. The van der Waals surface area contributed by atoms with Gasteiger partial charge in [-0.3, -0.25) is 0 Å². The molecule has 0 aliphatic rings. The van der Waals surface area contributed by atoms with E-state index >= 15 is 0 Å². The Bertz CT molecular complexity index is 500. The number of hydrogen-bond acceptors (Lipinski definition) is 4. The molecule has 0 atom stereocenters. The summed E-state index contributed by atoms with van der Waals surface area (Å²) >= 11 is 0. The van der Waals surface area contributed by atoms with E-state index in [1.54, 1.807) is 13.3 Å². The maximum Gasteiger partial charge on any atom is 0.159 e. The van der Waals surface area contributed by atoms with E-state index in [4.69, 9.17) is 4.74 Å². The van der Waals surface area contributed by atoms with Crippen molar-refractivity contribution in [2.24, 2.45) is 0 Å². The maximum atomic E-state index is 5.19. The van der Waals surface area contributed by atoms with Crippen LogP contribution in [0.4, 0.5) is 0 Å². The van der Waals surface area contributed by atoms with Crippen LogP contribution in [0.2, 0.25) is 0 Å². The number of methoxy groups -OCH3 is 1. The van der Waals surface area contributed by atoms with Crippen LogP contribution in [0.5, 0.6) is 5.75 Å². The molecule has 1 aromatic carbocycles. The molecule has 0 saturated carbocycles. The molecule has 4 nitrogen and oxygen atoms in total. The van der Waals surface area contributed by atoms with Gasteiger partial charge < -0.3 is 10.1 Å². The van der Waals surface area contributed by atoms with Crippen LogP contribution in [0.3, 0.4) is 0 Å². The van der Waals surface area contributed by atoms with Crippen LogP contribution in [0, 0.1) is 0 Å². The second kappa shape index (κ2) is 5.41. The number of ether oxygens (including phenoxy) is 1. The Hall–Kier alpha value is -1.94. The second-order valence-electron chi connectivity index (χ2n) is 3.63. The summed E-state index contributed by atoms with van der Waals surface area (Å²) in [5, 5.41) is 3.07. The SMILES string of the molecule is CNCc1ccnc(-c2cccc(OC)c2)n1. The first-order valence-electron chi connectivity index (χ1n) is 5.44. The Morgan fingerprint density at radius 3 is 2.94 bits per heavy atom. The molecule has 0 amide bonds. The number of benzene rings is 1. The lowest BCUT2D eigenvalue weighted by Gasteiger charge is -2.05. The van der Waals surface area contributed by atoms with Gasteiger partial charge in [0.1, 0.15) is 5.75 Å². The first-order chi connectivity index (χ1) is 8.33. The van der Waals surface area contributed by atoms with Gasteiger partial charge in [0.2, 0.25) is 0 Å². The number of aromatic nitrogens is 2. The number of nitrogens with zero attached hydrogens (tertiary/aromatic N) is 2. The van der Waals surface area contributed by atoms with Crippen molar-refractivity contribution in [1.82, 2.24) is 15.3 Å². The van der Waals surface area contributed by atoms with Gasteiger partial charge in [0, 0.05) is 18.3 Å². The van der Waals surface area contributed by atoms with Gasteiger partial charge >= 0.3 is 0 Å². The van der Waals surface area contributed by atoms with Crippen molar-refractivity contribution in [3.8, 4) is 17.1 Å². The zero-order chi connectivity index (χ0) is 12.1. The largest absolute Gasteiger partial charge is 0.497 e. The van der Waals surface area contributed by atoms with Crippen LogP contribution in [0.1, 0.15) is 5.69 Å². The third-order valence-corrected chi connectivity index (χ3v) is 2.40. The number of nitrogens with one attached hydrogen (secondary N) is 1. The molecule has 17 heavy (non-hydrogen) atoms. The molecule has 0 unspecified atom stereocenters. The minimum atomic E-state index is 0.719. The highest BCUT2D eigenvalue weighted by Gasteiger charge is 2.03. The van der Waals surface area contributed by atoms with E-state index in [-0.39, 0.29) is 0 Å². The minimum Gasteiger partial charge on any atom is -0.497 e. The van der Waals surface area contributed by atoms with E-state index in [9.17, 15) is 0 Å². The second-order valence-corrected chi connectivity index (χ2v) is 3.63. The molecule has 0 bridgehead atoms. The standard InChI is InChI=1S/C13H15N3O/c1-14-9-11-6-7-15-13(16-11)10-4-3-5-12(8-10)17-2/h3-8,14H,9H2,1-2H3. The van der Waals surface area contributed by atoms with E-state index in [1.807, 2.05) is 37.4 Å².